The van der Waals surface area contributed by atoms with Crippen LogP contribution in [0.4, 0.5) is 13.2 Å². The number of nitrogens with zero attached hydrogens (tertiary/aromatic N) is 2. The van der Waals surface area contributed by atoms with Gasteiger partial charge in [0, 0.05) is 6.54 Å². The highest BCUT2D eigenvalue weighted by molar-refractivity contribution is 5.31. The summed E-state index contributed by atoms with van der Waals surface area (Å²) in [6.07, 6.45) is -5.14. The number of H-pyrrole nitrogens is 2. The number of alkyl halides is 3. The fraction of sp³-hybridized carbons (Fsp3) is 0.364. The van der Waals surface area contributed by atoms with Crippen LogP contribution in [0.3, 0.4) is 0 Å². The number of hydrogen-bond donors (Lipinski definition) is 2. The van der Waals surface area contributed by atoms with Crippen molar-refractivity contribution in [2.24, 2.45) is 0 Å². The largest absolute Gasteiger partial charge is 0.416 e. The molecule has 1 saturated heterocycles. The third-order valence-electron chi connectivity index (χ3n) is 5.23. The number of benzene rings is 2. The molecule has 170 valence electrons. The van der Waals surface area contributed by atoms with Gasteiger partial charge in [0.15, 0.2) is 6.29 Å². The third kappa shape index (κ3) is 5.26. The van der Waals surface area contributed by atoms with Gasteiger partial charge in [-0.3, -0.25) is 9.88 Å². The number of nitrogens with one attached hydrogen (secondary N) is 2. The van der Waals surface area contributed by atoms with E-state index in [9.17, 15) is 18.0 Å². The molecule has 0 amide bonds. The van der Waals surface area contributed by atoms with Gasteiger partial charge in [0.2, 0.25) is 0 Å². The van der Waals surface area contributed by atoms with Crippen LogP contribution in [0.5, 0.6) is 0 Å². The van der Waals surface area contributed by atoms with Crippen molar-refractivity contribution in [1.29, 1.82) is 0 Å². The Morgan fingerprint density at radius 2 is 2.00 bits per heavy atom. The molecule has 3 aromatic rings. The van der Waals surface area contributed by atoms with Crippen molar-refractivity contribution in [1.82, 2.24) is 20.1 Å². The zero-order chi connectivity index (χ0) is 22.7. The molecule has 0 saturated carbocycles. The SMILES string of the molecule is Cc1cc(COC2OCCN(Cc3n[nH]c(=O)[nH]3)C2c2ccccc2)cc(C(F)(F)F)c1. The molecular formula is C22H23F3N4O3. The highest BCUT2D eigenvalue weighted by atomic mass is 19.4. The maximum Gasteiger partial charge on any atom is 0.416 e. The van der Waals surface area contributed by atoms with Gasteiger partial charge in [-0.2, -0.15) is 18.3 Å². The molecule has 2 unspecified atom stereocenters. The van der Waals surface area contributed by atoms with E-state index in [0.717, 1.165) is 17.7 Å². The van der Waals surface area contributed by atoms with Crippen LogP contribution in [0.1, 0.15) is 34.1 Å². The standard InChI is InChI=1S/C22H23F3N4O3/c1-14-9-15(11-17(10-14)22(23,24)25)13-32-20-19(16-5-3-2-4-6-16)29(7-8-31-20)12-18-26-21(30)28-27-18/h2-6,9-11,19-20H,7-8,12-13H2,1H3,(H2,26,27,28,30). The Balaban J connectivity index is 1.56. The predicted molar refractivity (Wildman–Crippen MR) is 110 cm³/mol. The maximum atomic E-state index is 13.2. The molecule has 0 aliphatic carbocycles. The normalized spacial score (nSPS) is 19.9. The van der Waals surface area contributed by atoms with E-state index in [-0.39, 0.29) is 12.6 Å². The third-order valence-corrected chi connectivity index (χ3v) is 5.23. The lowest BCUT2D eigenvalue weighted by molar-refractivity contribution is -0.218. The van der Waals surface area contributed by atoms with Crippen LogP contribution >= 0.6 is 0 Å². The lowest BCUT2D eigenvalue weighted by Gasteiger charge is -2.40. The number of aromatic amines is 2. The van der Waals surface area contributed by atoms with Crippen molar-refractivity contribution in [3.63, 3.8) is 0 Å². The minimum atomic E-state index is -4.42. The second-order valence-electron chi connectivity index (χ2n) is 7.71. The molecule has 1 aromatic heterocycles. The van der Waals surface area contributed by atoms with Gasteiger partial charge in [-0.15, -0.1) is 0 Å². The molecule has 1 aliphatic rings. The van der Waals surface area contributed by atoms with Crippen LogP contribution in [0, 0.1) is 6.92 Å². The average Bonchev–Trinajstić information content (AvgIpc) is 3.16. The molecule has 2 heterocycles. The molecule has 7 nitrogen and oxygen atoms in total. The van der Waals surface area contributed by atoms with E-state index in [1.165, 1.54) is 0 Å². The summed E-state index contributed by atoms with van der Waals surface area (Å²) in [6, 6.07) is 13.1. The highest BCUT2D eigenvalue weighted by Crippen LogP contribution is 2.33. The number of rotatable bonds is 6. The zero-order valence-electron chi connectivity index (χ0n) is 17.4. The lowest BCUT2D eigenvalue weighted by Crippen LogP contribution is -2.46. The molecule has 0 radical (unpaired) electrons. The van der Waals surface area contributed by atoms with E-state index in [2.05, 4.69) is 20.1 Å². The first-order valence-corrected chi connectivity index (χ1v) is 10.1. The van der Waals surface area contributed by atoms with Gasteiger partial charge in [-0.25, -0.2) is 9.89 Å². The Morgan fingerprint density at radius 1 is 1.22 bits per heavy atom. The van der Waals surface area contributed by atoms with E-state index in [1.807, 2.05) is 30.3 Å². The van der Waals surface area contributed by atoms with Crippen LogP contribution in [0.25, 0.3) is 0 Å². The number of ether oxygens (including phenoxy) is 2. The van der Waals surface area contributed by atoms with Gasteiger partial charge in [-0.1, -0.05) is 42.0 Å². The van der Waals surface area contributed by atoms with Crippen molar-refractivity contribution in [2.75, 3.05) is 13.2 Å². The molecule has 0 spiro atoms. The summed E-state index contributed by atoms with van der Waals surface area (Å²) in [5.74, 6) is 0.477. The number of halogens is 3. The molecule has 1 fully saturated rings. The van der Waals surface area contributed by atoms with E-state index >= 15 is 0 Å². The number of hydrogen-bond acceptors (Lipinski definition) is 5. The minimum absolute atomic E-state index is 0.0359. The average molecular weight is 448 g/mol. The highest BCUT2D eigenvalue weighted by Gasteiger charge is 2.35. The zero-order valence-corrected chi connectivity index (χ0v) is 17.4. The van der Waals surface area contributed by atoms with Gasteiger partial charge in [0.1, 0.15) is 5.82 Å². The van der Waals surface area contributed by atoms with Gasteiger partial charge in [-0.05, 0) is 30.2 Å². The van der Waals surface area contributed by atoms with Crippen LogP contribution in [-0.2, 0) is 28.8 Å². The first-order chi connectivity index (χ1) is 15.3. The number of morpholine rings is 1. The van der Waals surface area contributed by atoms with E-state index < -0.39 is 23.7 Å². The first-order valence-electron chi connectivity index (χ1n) is 10.1. The summed E-state index contributed by atoms with van der Waals surface area (Å²) in [6.45, 7) is 2.87. The predicted octanol–water partition coefficient (Wildman–Crippen LogP) is 3.54. The quantitative estimate of drug-likeness (QED) is 0.603. The van der Waals surface area contributed by atoms with E-state index in [1.54, 1.807) is 13.0 Å². The molecule has 2 N–H and O–H groups in total. The molecule has 1 aliphatic heterocycles. The summed E-state index contributed by atoms with van der Waals surface area (Å²) in [4.78, 5) is 16.1. The Morgan fingerprint density at radius 3 is 2.69 bits per heavy atom. The lowest BCUT2D eigenvalue weighted by atomic mass is 10.0. The molecule has 0 bridgehead atoms. The molecule has 2 aromatic carbocycles. The van der Waals surface area contributed by atoms with Crippen LogP contribution in [0.2, 0.25) is 0 Å². The van der Waals surface area contributed by atoms with Crippen molar-refractivity contribution in [2.45, 2.75) is 38.6 Å². The molecule has 4 rings (SSSR count). The van der Waals surface area contributed by atoms with Gasteiger partial charge in [0.05, 0.1) is 31.4 Å². The minimum Gasteiger partial charge on any atom is -0.349 e. The summed E-state index contributed by atoms with van der Waals surface area (Å²) < 4.78 is 51.4. The van der Waals surface area contributed by atoms with Crippen LogP contribution in [0.15, 0.2) is 53.3 Å². The Hall–Kier alpha value is -2.95. The van der Waals surface area contributed by atoms with E-state index in [4.69, 9.17) is 9.47 Å². The Kier molecular flexibility index (Phi) is 6.45. The van der Waals surface area contributed by atoms with Crippen LogP contribution < -0.4 is 5.69 Å². The fourth-order valence-corrected chi connectivity index (χ4v) is 3.88. The van der Waals surface area contributed by atoms with Crippen molar-refractivity contribution in [3.05, 3.63) is 87.1 Å². The number of aromatic nitrogens is 3. The Labute approximate surface area is 182 Å². The summed E-state index contributed by atoms with van der Waals surface area (Å²) in [7, 11) is 0. The molecular weight excluding hydrogens is 425 g/mol. The summed E-state index contributed by atoms with van der Waals surface area (Å²) in [5.41, 5.74) is 0.755. The smallest absolute Gasteiger partial charge is 0.349 e. The topological polar surface area (TPSA) is 83.2 Å². The summed E-state index contributed by atoms with van der Waals surface area (Å²) in [5, 5.41) is 6.33. The monoisotopic (exact) mass is 448 g/mol. The van der Waals surface area contributed by atoms with Crippen LogP contribution in [-0.4, -0.2) is 39.5 Å². The van der Waals surface area contributed by atoms with Gasteiger partial charge in [0.25, 0.3) is 0 Å². The van der Waals surface area contributed by atoms with Gasteiger partial charge >= 0.3 is 11.9 Å². The van der Waals surface area contributed by atoms with Crippen molar-refractivity contribution < 1.29 is 22.6 Å². The fourth-order valence-electron chi connectivity index (χ4n) is 3.88. The van der Waals surface area contributed by atoms with Crippen molar-refractivity contribution >= 4 is 0 Å². The maximum absolute atomic E-state index is 13.2. The Bertz CT molecular complexity index is 1100. The molecule has 10 heteroatoms. The van der Waals surface area contributed by atoms with Gasteiger partial charge < -0.3 is 9.47 Å². The molecule has 32 heavy (non-hydrogen) atoms. The number of aryl methyl sites for hydroxylation is 1. The second kappa shape index (κ2) is 9.27. The molecule has 2 atom stereocenters. The van der Waals surface area contributed by atoms with E-state index in [0.29, 0.717) is 36.6 Å². The summed E-state index contributed by atoms with van der Waals surface area (Å²) >= 11 is 0. The second-order valence-corrected chi connectivity index (χ2v) is 7.71. The van der Waals surface area contributed by atoms with Crippen molar-refractivity contribution in [3.8, 4) is 0 Å². The first kappa shape index (κ1) is 22.3.